The van der Waals surface area contributed by atoms with Crippen LogP contribution in [0.4, 0.5) is 37.8 Å². The number of anilines is 2. The van der Waals surface area contributed by atoms with Crippen LogP contribution in [0.15, 0.2) is 24.3 Å². The van der Waals surface area contributed by atoms with Gasteiger partial charge < -0.3 is 10.2 Å². The van der Waals surface area contributed by atoms with Gasteiger partial charge in [0.05, 0.1) is 5.69 Å². The van der Waals surface area contributed by atoms with Crippen LogP contribution < -0.4 is 10.2 Å². The van der Waals surface area contributed by atoms with Crippen LogP contribution in [0.2, 0.25) is 0 Å². The van der Waals surface area contributed by atoms with Gasteiger partial charge in [0.15, 0.2) is 40.7 Å². The summed E-state index contributed by atoms with van der Waals surface area (Å²) >= 11 is 0. The molecule has 3 aromatic rings. The highest BCUT2D eigenvalue weighted by molar-refractivity contribution is 6.03. The summed E-state index contributed by atoms with van der Waals surface area (Å²) in [6.45, 7) is 5.68. The fourth-order valence-corrected chi connectivity index (χ4v) is 5.97. The molecule has 1 aliphatic heterocycles. The van der Waals surface area contributed by atoms with E-state index in [1.165, 1.54) is 0 Å². The van der Waals surface area contributed by atoms with Crippen LogP contribution in [0.5, 0.6) is 0 Å². The Balaban J connectivity index is 1.33. The molecule has 0 saturated heterocycles. The van der Waals surface area contributed by atoms with Crippen molar-refractivity contribution in [3.63, 3.8) is 0 Å². The maximum Gasteiger partial charge on any atom is 0.247 e. The summed E-state index contributed by atoms with van der Waals surface area (Å²) in [6.07, 6.45) is 1.78. The van der Waals surface area contributed by atoms with Crippen molar-refractivity contribution in [2.24, 2.45) is 11.8 Å². The molecule has 0 bridgehead atoms. The van der Waals surface area contributed by atoms with Gasteiger partial charge in [0.2, 0.25) is 5.91 Å². The molecule has 2 aromatic carbocycles. The zero-order valence-electron chi connectivity index (χ0n) is 23.6. The van der Waals surface area contributed by atoms with Crippen molar-refractivity contribution in [1.82, 2.24) is 14.9 Å². The Kier molecular flexibility index (Phi) is 8.19. The number of fused-ring (bicyclic) bond motifs is 1. The number of rotatable bonds is 8. The van der Waals surface area contributed by atoms with E-state index in [0.29, 0.717) is 42.3 Å². The zero-order valence-corrected chi connectivity index (χ0v) is 23.6. The normalized spacial score (nSPS) is 20.1. The Morgan fingerprint density at radius 3 is 1.88 bits per heavy atom. The highest BCUT2D eigenvalue weighted by atomic mass is 19.2. The van der Waals surface area contributed by atoms with Gasteiger partial charge in [0.1, 0.15) is 17.6 Å². The van der Waals surface area contributed by atoms with Gasteiger partial charge in [-0.1, -0.05) is 13.8 Å². The summed E-state index contributed by atoms with van der Waals surface area (Å²) in [7, 11) is 1.83. The number of halogens is 6. The summed E-state index contributed by atoms with van der Waals surface area (Å²) in [5.41, 5.74) is 1.53. The molecule has 2 heterocycles. The summed E-state index contributed by atoms with van der Waals surface area (Å²) < 4.78 is 82.8. The summed E-state index contributed by atoms with van der Waals surface area (Å²) in [4.78, 5) is 25.6. The molecule has 5 rings (SSSR count). The van der Waals surface area contributed by atoms with E-state index in [0.717, 1.165) is 24.3 Å². The molecule has 0 unspecified atom stereocenters. The van der Waals surface area contributed by atoms with E-state index < -0.39 is 34.9 Å². The van der Waals surface area contributed by atoms with Crippen LogP contribution in [0.1, 0.15) is 49.3 Å². The summed E-state index contributed by atoms with van der Waals surface area (Å²) in [5, 5.41) is 2.92. The lowest BCUT2D eigenvalue weighted by Gasteiger charge is -2.43. The second-order valence-electron chi connectivity index (χ2n) is 11.6. The third kappa shape index (κ3) is 5.81. The van der Waals surface area contributed by atoms with E-state index in [2.05, 4.69) is 10.3 Å². The molecule has 1 aliphatic carbocycles. The summed E-state index contributed by atoms with van der Waals surface area (Å²) in [5.74, 6) is -7.16. The first kappa shape index (κ1) is 29.8. The number of aryl methyl sites for hydroxylation is 1. The molecular weight excluding hydrogens is 560 g/mol. The van der Waals surface area contributed by atoms with Crippen molar-refractivity contribution in [3.05, 3.63) is 81.8 Å². The topological polar surface area (TPSA) is 61.4 Å². The van der Waals surface area contributed by atoms with Crippen LogP contribution in [0.25, 0.3) is 0 Å². The molecule has 0 radical (unpaired) electrons. The van der Waals surface area contributed by atoms with Gasteiger partial charge in [-0.25, -0.2) is 36.3 Å². The second-order valence-corrected chi connectivity index (χ2v) is 11.6. The Hall–Kier alpha value is -3.67. The van der Waals surface area contributed by atoms with Crippen molar-refractivity contribution >= 4 is 17.4 Å². The summed E-state index contributed by atoms with van der Waals surface area (Å²) in [6, 6.07) is 3.03. The smallest absolute Gasteiger partial charge is 0.247 e. The Morgan fingerprint density at radius 2 is 1.40 bits per heavy atom. The Labute approximate surface area is 239 Å². The average molecular weight is 592 g/mol. The molecule has 1 N–H and O–H groups in total. The number of hydrogen-bond donors (Lipinski definition) is 1. The van der Waals surface area contributed by atoms with Crippen LogP contribution in [-0.4, -0.2) is 39.9 Å². The van der Waals surface area contributed by atoms with Gasteiger partial charge in [-0.15, -0.1) is 0 Å². The van der Waals surface area contributed by atoms with Crippen molar-refractivity contribution in [3.8, 4) is 0 Å². The van der Waals surface area contributed by atoms with Crippen LogP contribution in [0.3, 0.4) is 0 Å². The predicted molar refractivity (Wildman–Crippen MR) is 145 cm³/mol. The van der Waals surface area contributed by atoms with Crippen LogP contribution in [0, 0.1) is 53.7 Å². The number of benzene rings is 2. The van der Waals surface area contributed by atoms with Crippen molar-refractivity contribution in [2.45, 2.75) is 65.2 Å². The van der Waals surface area contributed by atoms with Crippen LogP contribution in [-0.2, 0) is 24.3 Å². The number of hydrogen-bond acceptors (Lipinski definition) is 5. The lowest BCUT2D eigenvalue weighted by molar-refractivity contribution is -0.118. The predicted octanol–water partition coefficient (Wildman–Crippen LogP) is 6.06. The Morgan fingerprint density at radius 1 is 0.905 bits per heavy atom. The quantitative estimate of drug-likeness (QED) is 0.255. The van der Waals surface area contributed by atoms with Crippen molar-refractivity contribution in [1.29, 1.82) is 0 Å². The molecule has 12 heteroatoms. The second kappa shape index (κ2) is 11.5. The molecule has 1 amide bonds. The molecule has 224 valence electrons. The fraction of sp³-hybridized carbons (Fsp3) is 0.433. The first-order valence-corrected chi connectivity index (χ1v) is 13.7. The molecule has 2 aliphatic rings. The van der Waals surface area contributed by atoms with Gasteiger partial charge in [-0.2, -0.15) is 0 Å². The van der Waals surface area contributed by atoms with E-state index in [-0.39, 0.29) is 54.0 Å². The first-order valence-electron chi connectivity index (χ1n) is 13.7. The standard InChI is InChI=1S/C30H31F6N5O/c1-14(2)28-30(42)39-27-15(3)37-24(38-29(27)40(28)4)11-16-5-19(6-16)41(12-17-7-20(31)25(35)21(32)8-17)13-18-9-22(33)26(36)23(34)10-18/h7-10,14,16,19,28H,5-6,11-13H2,1-4H3,(H,39,42)/t16?,19?,28-/m0/s1. The minimum atomic E-state index is -1.58. The SMILES string of the molecule is Cc1nc(CC2CC(N(Cc3cc(F)c(F)c(F)c3)Cc3cc(F)c(F)c(F)c3)C2)nc2c1NC(=O)[C@H](C(C)C)N2C. The third-order valence-electron chi connectivity index (χ3n) is 8.07. The molecule has 42 heavy (non-hydrogen) atoms. The van der Waals surface area contributed by atoms with Gasteiger partial charge in [0.25, 0.3) is 0 Å². The average Bonchev–Trinajstić information content (AvgIpc) is 2.88. The molecule has 1 fully saturated rings. The maximum absolute atomic E-state index is 13.9. The van der Waals surface area contributed by atoms with Crippen molar-refractivity contribution in [2.75, 3.05) is 17.3 Å². The van der Waals surface area contributed by atoms with Gasteiger partial charge in [-0.3, -0.25) is 9.69 Å². The van der Waals surface area contributed by atoms with E-state index in [1.54, 1.807) is 11.8 Å². The lowest BCUT2D eigenvalue weighted by Crippen LogP contribution is -2.50. The molecule has 0 spiro atoms. The molecular formula is C30H31F6N5O. The highest BCUT2D eigenvalue weighted by Crippen LogP contribution is 2.38. The fourth-order valence-electron chi connectivity index (χ4n) is 5.97. The van der Waals surface area contributed by atoms with E-state index >= 15 is 0 Å². The van der Waals surface area contributed by atoms with Crippen LogP contribution >= 0.6 is 0 Å². The van der Waals surface area contributed by atoms with E-state index in [4.69, 9.17) is 4.98 Å². The number of nitrogens with one attached hydrogen (secondary N) is 1. The molecule has 1 aromatic heterocycles. The number of likely N-dealkylation sites (N-methyl/N-ethyl adjacent to an activating group) is 1. The maximum atomic E-state index is 13.9. The largest absolute Gasteiger partial charge is 0.346 e. The number of amides is 1. The van der Waals surface area contributed by atoms with Crippen molar-refractivity contribution < 1.29 is 31.1 Å². The van der Waals surface area contributed by atoms with E-state index in [1.807, 2.05) is 25.8 Å². The van der Waals surface area contributed by atoms with Gasteiger partial charge in [-0.05, 0) is 67.0 Å². The van der Waals surface area contributed by atoms with E-state index in [9.17, 15) is 31.1 Å². The monoisotopic (exact) mass is 591 g/mol. The first-order chi connectivity index (χ1) is 19.8. The lowest BCUT2D eigenvalue weighted by atomic mass is 9.76. The number of aromatic nitrogens is 2. The Bertz CT molecular complexity index is 1420. The highest BCUT2D eigenvalue weighted by Gasteiger charge is 2.37. The molecule has 1 atom stereocenters. The number of carbonyl (C=O) groups excluding carboxylic acids is 1. The van der Waals surface area contributed by atoms with Gasteiger partial charge >= 0.3 is 0 Å². The minimum absolute atomic E-state index is 0.0261. The zero-order chi connectivity index (χ0) is 30.5. The molecule has 6 nitrogen and oxygen atoms in total. The number of nitrogens with zero attached hydrogens (tertiary/aromatic N) is 4. The van der Waals surface area contributed by atoms with Gasteiger partial charge in [0, 0.05) is 32.6 Å². The number of carbonyl (C=O) groups is 1. The minimum Gasteiger partial charge on any atom is -0.346 e. The molecule has 1 saturated carbocycles. The third-order valence-corrected chi connectivity index (χ3v) is 8.07.